The first-order chi connectivity index (χ1) is 4.09. The van der Waals surface area contributed by atoms with Gasteiger partial charge < -0.3 is 5.11 Å². The summed E-state index contributed by atoms with van der Waals surface area (Å²) in [6, 6.07) is 0. The van der Waals surface area contributed by atoms with Crippen LogP contribution in [0.25, 0.3) is 0 Å². The molecule has 0 heterocycles. The predicted octanol–water partition coefficient (Wildman–Crippen LogP) is -0.318. The van der Waals surface area contributed by atoms with Crippen LogP contribution in [-0.4, -0.2) is 23.3 Å². The van der Waals surface area contributed by atoms with Crippen molar-refractivity contribution in [1.29, 1.82) is 0 Å². The fourth-order valence-electron chi connectivity index (χ4n) is 0.521. The zero-order valence-electron chi connectivity index (χ0n) is 5.42. The van der Waals surface area contributed by atoms with Crippen molar-refractivity contribution in [2.45, 2.75) is 20.0 Å². The van der Waals surface area contributed by atoms with E-state index < -0.39 is 12.0 Å². The van der Waals surface area contributed by atoms with Gasteiger partial charge in [0.15, 0.2) is 0 Å². The molecule has 1 N–H and O–H groups in total. The summed E-state index contributed by atoms with van der Waals surface area (Å²) >= 11 is 0. The molecule has 0 bridgehead atoms. The summed E-state index contributed by atoms with van der Waals surface area (Å²) in [5.41, 5.74) is 0. The third-order valence-corrected chi connectivity index (χ3v) is 1.05. The molecular weight excluding hydrogens is 120 g/mol. The van der Waals surface area contributed by atoms with Crippen molar-refractivity contribution in [3.8, 4) is 0 Å². The highest BCUT2D eigenvalue weighted by Crippen LogP contribution is 1.99. The Bertz CT molecular complexity index is 117. The summed E-state index contributed by atoms with van der Waals surface area (Å²) in [6.07, 6.45) is 0.535. The van der Waals surface area contributed by atoms with Crippen molar-refractivity contribution in [3.63, 3.8) is 0 Å². The average Bonchev–Trinajstić information content (AvgIpc) is 1.64. The highest BCUT2D eigenvalue weighted by Gasteiger charge is 2.19. The van der Waals surface area contributed by atoms with Gasteiger partial charge in [-0.1, -0.05) is 0 Å². The van der Waals surface area contributed by atoms with E-state index in [1.54, 1.807) is 0 Å². The number of rotatable bonds is 3. The van der Waals surface area contributed by atoms with Crippen LogP contribution in [0.1, 0.15) is 13.8 Å². The van der Waals surface area contributed by atoms with E-state index in [9.17, 15) is 9.59 Å². The number of carbonyl (C=O) groups excluding carboxylic acids is 2. The molecule has 3 nitrogen and oxygen atoms in total. The smallest absolute Gasteiger partial charge is 0.212 e. The fourth-order valence-corrected chi connectivity index (χ4v) is 0.521. The molecule has 2 unspecified atom stereocenters. The second-order valence-electron chi connectivity index (χ2n) is 1.95. The number of aliphatic hydroxyl groups excluding tert-OH is 1. The van der Waals surface area contributed by atoms with Crippen molar-refractivity contribution < 1.29 is 14.7 Å². The van der Waals surface area contributed by atoms with Crippen LogP contribution in [0.5, 0.6) is 0 Å². The second-order valence-corrected chi connectivity index (χ2v) is 1.95. The Morgan fingerprint density at radius 1 is 1.67 bits per heavy atom. The van der Waals surface area contributed by atoms with Gasteiger partial charge in [-0.3, -0.25) is 9.59 Å². The first-order valence-electron chi connectivity index (χ1n) is 2.65. The fraction of sp³-hybridized carbons (Fsp3) is 0.667. The van der Waals surface area contributed by atoms with Crippen LogP contribution >= 0.6 is 0 Å². The molecule has 0 aromatic carbocycles. The molecule has 0 amide bonds. The number of Topliss-reactive ketones (excluding diaryl/α,β-unsaturated/α-hetero) is 1. The van der Waals surface area contributed by atoms with Crippen LogP contribution in [-0.2, 0) is 9.59 Å². The van der Waals surface area contributed by atoms with E-state index in [2.05, 4.69) is 0 Å². The van der Waals surface area contributed by atoms with Gasteiger partial charge in [-0.05, 0) is 13.8 Å². The first kappa shape index (κ1) is 8.30. The highest BCUT2D eigenvalue weighted by atomic mass is 16.3. The predicted molar refractivity (Wildman–Crippen MR) is 31.5 cm³/mol. The first-order valence-corrected chi connectivity index (χ1v) is 2.65. The molecular formula is C6H9O3. The Hall–Kier alpha value is -0.700. The largest absolute Gasteiger partial charge is 0.392 e. The number of hydrogen-bond acceptors (Lipinski definition) is 3. The van der Waals surface area contributed by atoms with Gasteiger partial charge in [0.1, 0.15) is 11.7 Å². The molecule has 9 heavy (non-hydrogen) atoms. The Balaban J connectivity index is 3.98. The molecule has 0 spiro atoms. The summed E-state index contributed by atoms with van der Waals surface area (Å²) in [5.74, 6) is -1.31. The maximum atomic E-state index is 10.4. The molecule has 0 saturated carbocycles. The van der Waals surface area contributed by atoms with E-state index in [0.29, 0.717) is 0 Å². The molecule has 1 radical (unpaired) electrons. The summed E-state index contributed by atoms with van der Waals surface area (Å²) in [7, 11) is 0. The molecule has 0 fully saturated rings. The molecule has 0 aliphatic rings. The summed E-state index contributed by atoms with van der Waals surface area (Å²) in [5, 5.41) is 8.70. The highest BCUT2D eigenvalue weighted by molar-refractivity contribution is 5.92. The van der Waals surface area contributed by atoms with E-state index in [-0.39, 0.29) is 5.78 Å². The molecule has 0 aromatic rings. The van der Waals surface area contributed by atoms with Gasteiger partial charge in [-0.2, -0.15) is 0 Å². The van der Waals surface area contributed by atoms with Gasteiger partial charge >= 0.3 is 0 Å². The monoisotopic (exact) mass is 129 g/mol. The summed E-state index contributed by atoms with van der Waals surface area (Å²) < 4.78 is 0. The average molecular weight is 129 g/mol. The van der Waals surface area contributed by atoms with Gasteiger partial charge in [-0.15, -0.1) is 0 Å². The third kappa shape index (κ3) is 2.37. The van der Waals surface area contributed by atoms with Gasteiger partial charge in [0.25, 0.3) is 0 Å². The molecule has 0 aliphatic carbocycles. The summed E-state index contributed by atoms with van der Waals surface area (Å²) in [4.78, 5) is 20.3. The number of carbonyl (C=O) groups is 1. The van der Waals surface area contributed by atoms with Crippen LogP contribution in [0.15, 0.2) is 0 Å². The lowest BCUT2D eigenvalue weighted by Gasteiger charge is -2.06. The van der Waals surface area contributed by atoms with Gasteiger partial charge in [0.2, 0.25) is 6.29 Å². The van der Waals surface area contributed by atoms with Crippen LogP contribution in [0, 0.1) is 5.92 Å². The minimum Gasteiger partial charge on any atom is -0.392 e. The van der Waals surface area contributed by atoms with E-state index in [4.69, 9.17) is 5.11 Å². The van der Waals surface area contributed by atoms with E-state index in [1.165, 1.54) is 20.1 Å². The van der Waals surface area contributed by atoms with Crippen molar-refractivity contribution in [3.05, 3.63) is 0 Å². The standard InChI is InChI=1S/C6H9O3/c1-4(8)6(3-7)5(2)9/h4,6,8H,1-2H3. The lowest BCUT2D eigenvalue weighted by Crippen LogP contribution is -2.24. The topological polar surface area (TPSA) is 54.4 Å². The quantitative estimate of drug-likeness (QED) is 0.531. The van der Waals surface area contributed by atoms with E-state index in [1.807, 2.05) is 0 Å². The minimum absolute atomic E-state index is 0.347. The van der Waals surface area contributed by atoms with Crippen LogP contribution in [0.2, 0.25) is 0 Å². The van der Waals surface area contributed by atoms with Crippen LogP contribution < -0.4 is 0 Å². The van der Waals surface area contributed by atoms with Crippen molar-refractivity contribution in [1.82, 2.24) is 0 Å². The van der Waals surface area contributed by atoms with E-state index in [0.717, 1.165) is 0 Å². The van der Waals surface area contributed by atoms with Gasteiger partial charge in [-0.25, -0.2) is 0 Å². The van der Waals surface area contributed by atoms with Gasteiger partial charge in [0, 0.05) is 0 Å². The Labute approximate surface area is 53.7 Å². The van der Waals surface area contributed by atoms with Crippen molar-refractivity contribution in [2.75, 3.05) is 0 Å². The van der Waals surface area contributed by atoms with Crippen molar-refractivity contribution >= 4 is 12.1 Å². The molecule has 0 rings (SSSR count). The number of ketones is 1. The van der Waals surface area contributed by atoms with Gasteiger partial charge in [0.05, 0.1) is 6.10 Å². The zero-order valence-corrected chi connectivity index (χ0v) is 5.42. The van der Waals surface area contributed by atoms with Crippen molar-refractivity contribution in [2.24, 2.45) is 5.92 Å². The minimum atomic E-state index is -0.968. The lowest BCUT2D eigenvalue weighted by atomic mass is 10.0. The summed E-state index contributed by atoms with van der Waals surface area (Å²) in [6.45, 7) is 2.64. The van der Waals surface area contributed by atoms with Crippen LogP contribution in [0.3, 0.4) is 0 Å². The molecule has 51 valence electrons. The molecule has 0 saturated heterocycles. The number of hydrogen-bond donors (Lipinski definition) is 1. The SMILES string of the molecule is CC(=O)C([C]=O)C(C)O. The molecule has 2 atom stereocenters. The Morgan fingerprint density at radius 2 is 2.11 bits per heavy atom. The maximum Gasteiger partial charge on any atom is 0.212 e. The Morgan fingerprint density at radius 3 is 2.11 bits per heavy atom. The van der Waals surface area contributed by atoms with E-state index >= 15 is 0 Å². The second kappa shape index (κ2) is 3.35. The molecule has 0 aliphatic heterocycles. The zero-order chi connectivity index (χ0) is 7.44. The lowest BCUT2D eigenvalue weighted by molar-refractivity contribution is -0.121. The maximum absolute atomic E-state index is 10.4. The van der Waals surface area contributed by atoms with Crippen LogP contribution in [0.4, 0.5) is 0 Å². The normalized spacial score (nSPS) is 16.3. The molecule has 3 heteroatoms. The third-order valence-electron chi connectivity index (χ3n) is 1.05. The number of aliphatic hydroxyl groups is 1. The Kier molecular flexibility index (Phi) is 3.09. The molecule has 0 aromatic heterocycles.